The van der Waals surface area contributed by atoms with Gasteiger partial charge in [-0.3, -0.25) is 10.1 Å². The molecule has 0 atom stereocenters. The number of anilines is 1. The summed E-state index contributed by atoms with van der Waals surface area (Å²) < 4.78 is 44.6. The Morgan fingerprint density at radius 2 is 1.67 bits per heavy atom. The molecule has 33 heavy (non-hydrogen) atoms. The highest BCUT2D eigenvalue weighted by Gasteiger charge is 2.30. The van der Waals surface area contributed by atoms with Gasteiger partial charge in [0.1, 0.15) is 12.4 Å². The summed E-state index contributed by atoms with van der Waals surface area (Å²) in [6.07, 6.45) is -2.55. The van der Waals surface area contributed by atoms with E-state index in [1.807, 2.05) is 30.3 Å². The standard InChI is InChI=1S/C25H19F3N2O2S/c26-25(27,28)19-10-6-9-18(13-19)14-20-15-29-24(33-20)30-23(31)21-11-4-5-12-22(21)32-16-17-7-2-1-3-8-17/h1-13,15H,14,16H2,(H,29,30,31). The lowest BCUT2D eigenvalue weighted by molar-refractivity contribution is -0.137. The highest BCUT2D eigenvalue weighted by Crippen LogP contribution is 2.31. The maximum Gasteiger partial charge on any atom is 0.416 e. The number of ether oxygens (including phenoxy) is 1. The van der Waals surface area contributed by atoms with E-state index >= 15 is 0 Å². The van der Waals surface area contributed by atoms with Crippen LogP contribution < -0.4 is 10.1 Å². The number of para-hydroxylation sites is 1. The third-order valence-electron chi connectivity index (χ3n) is 4.78. The van der Waals surface area contributed by atoms with E-state index in [9.17, 15) is 18.0 Å². The Hall–Kier alpha value is -3.65. The summed E-state index contributed by atoms with van der Waals surface area (Å²) >= 11 is 1.22. The molecular weight excluding hydrogens is 449 g/mol. The molecule has 0 aliphatic carbocycles. The van der Waals surface area contributed by atoms with Gasteiger partial charge in [0.05, 0.1) is 11.1 Å². The molecule has 4 aromatic rings. The third kappa shape index (κ3) is 5.98. The van der Waals surface area contributed by atoms with E-state index in [0.717, 1.165) is 22.6 Å². The summed E-state index contributed by atoms with van der Waals surface area (Å²) in [5, 5.41) is 3.11. The number of benzene rings is 3. The molecule has 0 spiro atoms. The van der Waals surface area contributed by atoms with Crippen molar-refractivity contribution in [3.05, 3.63) is 112 Å². The van der Waals surface area contributed by atoms with Crippen molar-refractivity contribution in [3.8, 4) is 5.75 Å². The van der Waals surface area contributed by atoms with Gasteiger partial charge in [0, 0.05) is 17.5 Å². The minimum Gasteiger partial charge on any atom is -0.488 e. The van der Waals surface area contributed by atoms with Gasteiger partial charge in [-0.25, -0.2) is 4.98 Å². The SMILES string of the molecule is O=C(Nc1ncc(Cc2cccc(C(F)(F)F)c2)s1)c1ccccc1OCc1ccccc1. The van der Waals surface area contributed by atoms with Crippen LogP contribution in [0.15, 0.2) is 85.1 Å². The predicted octanol–water partition coefficient (Wildman–Crippen LogP) is 6.58. The van der Waals surface area contributed by atoms with Gasteiger partial charge in [-0.2, -0.15) is 13.2 Å². The molecule has 0 fully saturated rings. The number of alkyl halides is 3. The van der Waals surface area contributed by atoms with Crippen LogP contribution in [0.3, 0.4) is 0 Å². The molecule has 0 saturated carbocycles. The number of nitrogens with one attached hydrogen (secondary N) is 1. The normalized spacial score (nSPS) is 11.2. The quantitative estimate of drug-likeness (QED) is 0.333. The summed E-state index contributed by atoms with van der Waals surface area (Å²) in [7, 11) is 0. The van der Waals surface area contributed by atoms with E-state index in [-0.39, 0.29) is 12.3 Å². The van der Waals surface area contributed by atoms with Gasteiger partial charge < -0.3 is 4.74 Å². The molecular formula is C25H19F3N2O2S. The molecule has 8 heteroatoms. The average molecular weight is 469 g/mol. The first kappa shape index (κ1) is 22.5. The lowest BCUT2D eigenvalue weighted by Crippen LogP contribution is -2.13. The second-order valence-corrected chi connectivity index (χ2v) is 8.35. The predicted molar refractivity (Wildman–Crippen MR) is 122 cm³/mol. The summed E-state index contributed by atoms with van der Waals surface area (Å²) in [5.74, 6) is 0.0678. The first-order chi connectivity index (χ1) is 15.9. The minimum absolute atomic E-state index is 0.286. The second kappa shape index (κ2) is 9.87. The van der Waals surface area contributed by atoms with Gasteiger partial charge in [-0.15, -0.1) is 11.3 Å². The molecule has 3 aromatic carbocycles. The summed E-state index contributed by atoms with van der Waals surface area (Å²) in [4.78, 5) is 17.7. The number of halogens is 3. The smallest absolute Gasteiger partial charge is 0.416 e. The lowest BCUT2D eigenvalue weighted by atomic mass is 10.1. The van der Waals surface area contributed by atoms with Gasteiger partial charge in [0.2, 0.25) is 0 Å². The Balaban J connectivity index is 1.42. The van der Waals surface area contributed by atoms with Crippen molar-refractivity contribution >= 4 is 22.4 Å². The maximum atomic E-state index is 12.9. The van der Waals surface area contributed by atoms with E-state index in [1.165, 1.54) is 17.4 Å². The zero-order chi connectivity index (χ0) is 23.3. The van der Waals surface area contributed by atoms with Gasteiger partial charge in [0.15, 0.2) is 5.13 Å². The van der Waals surface area contributed by atoms with Crippen LogP contribution in [-0.4, -0.2) is 10.9 Å². The molecule has 0 radical (unpaired) electrons. The van der Waals surface area contributed by atoms with Crippen LogP contribution in [-0.2, 0) is 19.2 Å². The Morgan fingerprint density at radius 1 is 0.939 bits per heavy atom. The van der Waals surface area contributed by atoms with Crippen molar-refractivity contribution in [3.63, 3.8) is 0 Å². The van der Waals surface area contributed by atoms with Crippen LogP contribution in [0.4, 0.5) is 18.3 Å². The van der Waals surface area contributed by atoms with Crippen LogP contribution in [0.1, 0.15) is 31.9 Å². The van der Waals surface area contributed by atoms with Crippen molar-refractivity contribution in [1.29, 1.82) is 0 Å². The molecule has 4 nitrogen and oxygen atoms in total. The van der Waals surface area contributed by atoms with E-state index in [2.05, 4.69) is 10.3 Å². The summed E-state index contributed by atoms with van der Waals surface area (Å²) in [5.41, 5.74) is 1.17. The molecule has 1 aromatic heterocycles. The van der Waals surface area contributed by atoms with E-state index in [1.54, 1.807) is 36.5 Å². The monoisotopic (exact) mass is 468 g/mol. The molecule has 1 amide bonds. The number of hydrogen-bond donors (Lipinski definition) is 1. The number of carbonyl (C=O) groups excluding carboxylic acids is 1. The van der Waals surface area contributed by atoms with Crippen LogP contribution in [0.5, 0.6) is 5.75 Å². The Morgan fingerprint density at radius 3 is 2.45 bits per heavy atom. The molecule has 1 heterocycles. The minimum atomic E-state index is -4.39. The van der Waals surface area contributed by atoms with Gasteiger partial charge in [-0.05, 0) is 29.3 Å². The van der Waals surface area contributed by atoms with Crippen LogP contribution in [0.2, 0.25) is 0 Å². The summed E-state index contributed by atoms with van der Waals surface area (Å²) in [6, 6.07) is 21.7. The van der Waals surface area contributed by atoms with Crippen molar-refractivity contribution < 1.29 is 22.7 Å². The van der Waals surface area contributed by atoms with Crippen molar-refractivity contribution in [1.82, 2.24) is 4.98 Å². The van der Waals surface area contributed by atoms with Crippen LogP contribution >= 0.6 is 11.3 Å². The molecule has 0 unspecified atom stereocenters. The van der Waals surface area contributed by atoms with Crippen LogP contribution in [0, 0.1) is 0 Å². The largest absolute Gasteiger partial charge is 0.488 e. The zero-order valence-electron chi connectivity index (χ0n) is 17.3. The molecule has 0 aliphatic heterocycles. The van der Waals surface area contributed by atoms with Gasteiger partial charge in [-0.1, -0.05) is 60.7 Å². The first-order valence-electron chi connectivity index (χ1n) is 10.1. The highest BCUT2D eigenvalue weighted by molar-refractivity contribution is 7.15. The fourth-order valence-electron chi connectivity index (χ4n) is 3.19. The van der Waals surface area contributed by atoms with Crippen molar-refractivity contribution in [2.75, 3.05) is 5.32 Å². The van der Waals surface area contributed by atoms with Crippen molar-refractivity contribution in [2.24, 2.45) is 0 Å². The number of rotatable bonds is 7. The number of nitrogens with zero attached hydrogens (tertiary/aromatic N) is 1. The number of carbonyl (C=O) groups is 1. The van der Waals surface area contributed by atoms with Crippen molar-refractivity contribution in [2.45, 2.75) is 19.2 Å². The first-order valence-corrected chi connectivity index (χ1v) is 10.9. The zero-order valence-corrected chi connectivity index (χ0v) is 18.1. The Bertz CT molecular complexity index is 1240. The number of thiazole rings is 1. The number of aromatic nitrogens is 1. The molecule has 4 rings (SSSR count). The third-order valence-corrected chi connectivity index (χ3v) is 5.69. The van der Waals surface area contributed by atoms with Gasteiger partial charge in [0.25, 0.3) is 5.91 Å². The molecule has 168 valence electrons. The highest BCUT2D eigenvalue weighted by atomic mass is 32.1. The molecule has 0 saturated heterocycles. The lowest BCUT2D eigenvalue weighted by Gasteiger charge is -2.11. The van der Waals surface area contributed by atoms with E-state index in [4.69, 9.17) is 4.74 Å². The Labute approximate surface area is 192 Å². The molecule has 1 N–H and O–H groups in total. The number of hydrogen-bond acceptors (Lipinski definition) is 4. The Kier molecular flexibility index (Phi) is 6.74. The number of amides is 1. The second-order valence-electron chi connectivity index (χ2n) is 7.23. The van der Waals surface area contributed by atoms with Gasteiger partial charge >= 0.3 is 6.18 Å². The van der Waals surface area contributed by atoms with E-state index < -0.39 is 11.7 Å². The average Bonchev–Trinajstić information content (AvgIpc) is 3.24. The maximum absolute atomic E-state index is 12.9. The van der Waals surface area contributed by atoms with Crippen LogP contribution in [0.25, 0.3) is 0 Å². The fourth-order valence-corrected chi connectivity index (χ4v) is 4.03. The topological polar surface area (TPSA) is 51.2 Å². The fraction of sp³-hybridized carbons (Fsp3) is 0.120. The van der Waals surface area contributed by atoms with E-state index in [0.29, 0.717) is 28.6 Å². The molecule has 0 bridgehead atoms. The molecule has 0 aliphatic rings. The summed E-state index contributed by atoms with van der Waals surface area (Å²) in [6.45, 7) is 0.323.